The Morgan fingerprint density at radius 3 is 1.72 bits per heavy atom. The van der Waals surface area contributed by atoms with E-state index in [4.69, 9.17) is 20.4 Å². The Bertz CT molecular complexity index is 439. The standard InChI is InChI=1S/C15H26N2O8/c18-8-3-1-2-5-12(19)17(11-15(24)25)7-4-6-16(9-13(20)21)10-14(22)23/h18H,1-11H2,(H,20,21)(H,22,23)(H,24,25). The van der Waals surface area contributed by atoms with Gasteiger partial charge in [-0.15, -0.1) is 0 Å². The van der Waals surface area contributed by atoms with Gasteiger partial charge in [-0.3, -0.25) is 24.1 Å². The quantitative estimate of drug-likeness (QED) is 0.277. The van der Waals surface area contributed by atoms with E-state index in [9.17, 15) is 19.2 Å². The molecule has 0 aliphatic rings. The number of amides is 1. The molecule has 0 fully saturated rings. The molecule has 0 saturated heterocycles. The zero-order chi connectivity index (χ0) is 19.2. The van der Waals surface area contributed by atoms with Crippen LogP contribution in [0.4, 0.5) is 0 Å². The van der Waals surface area contributed by atoms with Gasteiger partial charge < -0.3 is 25.3 Å². The second kappa shape index (κ2) is 13.1. The van der Waals surface area contributed by atoms with Crippen molar-refractivity contribution in [3.63, 3.8) is 0 Å². The SMILES string of the molecule is O=C(O)CN(CCCN(CC(=O)O)C(=O)CCCCCO)CC(=O)O. The summed E-state index contributed by atoms with van der Waals surface area (Å²) in [6, 6.07) is 0. The number of hydrogen-bond acceptors (Lipinski definition) is 6. The van der Waals surface area contributed by atoms with Gasteiger partial charge in [0.15, 0.2) is 0 Å². The molecule has 0 radical (unpaired) electrons. The molecule has 0 saturated carbocycles. The number of aliphatic carboxylic acids is 3. The average molecular weight is 362 g/mol. The molecule has 0 atom stereocenters. The summed E-state index contributed by atoms with van der Waals surface area (Å²) in [5.41, 5.74) is 0. The van der Waals surface area contributed by atoms with Gasteiger partial charge in [-0.05, 0) is 19.3 Å². The van der Waals surface area contributed by atoms with Crippen molar-refractivity contribution in [2.75, 3.05) is 39.3 Å². The lowest BCUT2D eigenvalue weighted by Gasteiger charge is -2.23. The molecule has 0 aliphatic heterocycles. The summed E-state index contributed by atoms with van der Waals surface area (Å²) < 4.78 is 0. The molecule has 10 nitrogen and oxygen atoms in total. The van der Waals surface area contributed by atoms with Gasteiger partial charge in [0.1, 0.15) is 6.54 Å². The van der Waals surface area contributed by atoms with Crippen LogP contribution < -0.4 is 0 Å². The van der Waals surface area contributed by atoms with E-state index < -0.39 is 37.5 Å². The molecule has 10 heteroatoms. The number of carboxylic acid groups (broad SMARTS) is 3. The lowest BCUT2D eigenvalue weighted by Crippen LogP contribution is -2.39. The van der Waals surface area contributed by atoms with E-state index in [1.54, 1.807) is 0 Å². The van der Waals surface area contributed by atoms with E-state index in [0.29, 0.717) is 19.3 Å². The van der Waals surface area contributed by atoms with Crippen molar-refractivity contribution in [3.8, 4) is 0 Å². The van der Waals surface area contributed by atoms with Crippen molar-refractivity contribution in [1.82, 2.24) is 9.80 Å². The number of nitrogens with zero attached hydrogens (tertiary/aromatic N) is 2. The second-order valence-electron chi connectivity index (χ2n) is 5.59. The number of unbranched alkanes of at least 4 members (excludes halogenated alkanes) is 2. The third-order valence-corrected chi connectivity index (χ3v) is 3.35. The van der Waals surface area contributed by atoms with Gasteiger partial charge in [-0.2, -0.15) is 0 Å². The number of carbonyl (C=O) groups excluding carboxylic acids is 1. The summed E-state index contributed by atoms with van der Waals surface area (Å²) in [7, 11) is 0. The summed E-state index contributed by atoms with van der Waals surface area (Å²) in [6.45, 7) is -1.10. The Balaban J connectivity index is 4.48. The van der Waals surface area contributed by atoms with Crippen LogP contribution in [0.25, 0.3) is 0 Å². The summed E-state index contributed by atoms with van der Waals surface area (Å²) in [4.78, 5) is 46.8. The minimum Gasteiger partial charge on any atom is -0.480 e. The van der Waals surface area contributed by atoms with E-state index in [1.807, 2.05) is 0 Å². The first-order chi connectivity index (χ1) is 11.8. The highest BCUT2D eigenvalue weighted by Crippen LogP contribution is 2.05. The highest BCUT2D eigenvalue weighted by atomic mass is 16.4. The van der Waals surface area contributed by atoms with Crippen LogP contribution in [0.15, 0.2) is 0 Å². The summed E-state index contributed by atoms with van der Waals surface area (Å²) in [6.07, 6.45) is 2.21. The predicted molar refractivity (Wildman–Crippen MR) is 86.1 cm³/mol. The molecule has 25 heavy (non-hydrogen) atoms. The lowest BCUT2D eigenvalue weighted by atomic mass is 10.2. The van der Waals surface area contributed by atoms with E-state index in [-0.39, 0.29) is 38.4 Å². The Kier molecular flexibility index (Phi) is 12.0. The minimum absolute atomic E-state index is 0.0377. The number of carbonyl (C=O) groups is 4. The van der Waals surface area contributed by atoms with Crippen LogP contribution in [0.2, 0.25) is 0 Å². The number of rotatable bonds is 15. The predicted octanol–water partition coefficient (Wildman–Crippen LogP) is -0.686. The zero-order valence-corrected chi connectivity index (χ0v) is 14.1. The summed E-state index contributed by atoms with van der Waals surface area (Å²) >= 11 is 0. The first-order valence-electron chi connectivity index (χ1n) is 8.02. The molecular formula is C15H26N2O8. The molecule has 0 unspecified atom stereocenters. The maximum absolute atomic E-state index is 12.1. The van der Waals surface area contributed by atoms with Crippen molar-refractivity contribution in [2.45, 2.75) is 32.1 Å². The zero-order valence-electron chi connectivity index (χ0n) is 14.1. The molecule has 0 rings (SSSR count). The first-order valence-corrected chi connectivity index (χ1v) is 8.02. The fourth-order valence-corrected chi connectivity index (χ4v) is 2.26. The normalized spacial score (nSPS) is 10.6. The number of hydrogen-bond donors (Lipinski definition) is 4. The molecule has 4 N–H and O–H groups in total. The third-order valence-electron chi connectivity index (χ3n) is 3.35. The molecule has 0 bridgehead atoms. The summed E-state index contributed by atoms with van der Waals surface area (Å²) in [5.74, 6) is -3.81. The highest BCUT2D eigenvalue weighted by Gasteiger charge is 2.18. The van der Waals surface area contributed by atoms with Crippen molar-refractivity contribution >= 4 is 23.8 Å². The van der Waals surface area contributed by atoms with Gasteiger partial charge in [0.05, 0.1) is 13.1 Å². The monoisotopic (exact) mass is 362 g/mol. The van der Waals surface area contributed by atoms with Crippen LogP contribution in [0.5, 0.6) is 0 Å². The molecule has 1 amide bonds. The summed E-state index contributed by atoms with van der Waals surface area (Å²) in [5, 5.41) is 35.1. The van der Waals surface area contributed by atoms with Gasteiger partial charge >= 0.3 is 17.9 Å². The largest absolute Gasteiger partial charge is 0.480 e. The van der Waals surface area contributed by atoms with Crippen molar-refractivity contribution in [2.24, 2.45) is 0 Å². The molecule has 0 aromatic carbocycles. The van der Waals surface area contributed by atoms with Crippen LogP contribution in [-0.4, -0.2) is 93.4 Å². The second-order valence-corrected chi connectivity index (χ2v) is 5.59. The van der Waals surface area contributed by atoms with E-state index >= 15 is 0 Å². The first kappa shape index (κ1) is 22.8. The molecule has 0 aliphatic carbocycles. The Hall–Kier alpha value is -2.20. The highest BCUT2D eigenvalue weighted by molar-refractivity contribution is 5.81. The van der Waals surface area contributed by atoms with Gasteiger partial charge in [0.2, 0.25) is 5.91 Å². The Morgan fingerprint density at radius 1 is 0.680 bits per heavy atom. The van der Waals surface area contributed by atoms with E-state index in [0.717, 1.165) is 0 Å². The van der Waals surface area contributed by atoms with Crippen molar-refractivity contribution in [1.29, 1.82) is 0 Å². The van der Waals surface area contributed by atoms with Crippen LogP contribution in [-0.2, 0) is 19.2 Å². The minimum atomic E-state index is -1.16. The van der Waals surface area contributed by atoms with Gasteiger partial charge in [-0.25, -0.2) is 0 Å². The topological polar surface area (TPSA) is 156 Å². The van der Waals surface area contributed by atoms with Crippen molar-refractivity contribution < 1.29 is 39.6 Å². The third kappa shape index (κ3) is 12.8. The van der Waals surface area contributed by atoms with Gasteiger partial charge in [0, 0.05) is 26.1 Å². The Labute approximate surface area is 145 Å². The molecular weight excluding hydrogens is 336 g/mol. The number of aliphatic hydroxyl groups is 1. The van der Waals surface area contributed by atoms with Crippen molar-refractivity contribution in [3.05, 3.63) is 0 Å². The maximum Gasteiger partial charge on any atom is 0.323 e. The van der Waals surface area contributed by atoms with Crippen LogP contribution in [0.1, 0.15) is 32.1 Å². The van der Waals surface area contributed by atoms with Gasteiger partial charge in [0.25, 0.3) is 0 Å². The molecule has 144 valence electrons. The van der Waals surface area contributed by atoms with E-state index in [2.05, 4.69) is 0 Å². The molecule has 0 aromatic heterocycles. The van der Waals surface area contributed by atoms with Crippen LogP contribution in [0.3, 0.4) is 0 Å². The lowest BCUT2D eigenvalue weighted by molar-refractivity contribution is -0.144. The number of carboxylic acids is 3. The average Bonchev–Trinajstić information content (AvgIpc) is 2.48. The fourth-order valence-electron chi connectivity index (χ4n) is 2.26. The smallest absolute Gasteiger partial charge is 0.323 e. The molecule has 0 spiro atoms. The fraction of sp³-hybridized carbons (Fsp3) is 0.733. The van der Waals surface area contributed by atoms with Gasteiger partial charge in [-0.1, -0.05) is 6.42 Å². The van der Waals surface area contributed by atoms with Crippen LogP contribution in [0, 0.1) is 0 Å². The number of aliphatic hydroxyl groups excluding tert-OH is 1. The maximum atomic E-state index is 12.1. The molecule has 0 aromatic rings. The Morgan fingerprint density at radius 2 is 1.24 bits per heavy atom. The van der Waals surface area contributed by atoms with Crippen LogP contribution >= 0.6 is 0 Å². The molecule has 0 heterocycles. The van der Waals surface area contributed by atoms with E-state index in [1.165, 1.54) is 9.80 Å².